The molecule has 4 nitrogen and oxygen atoms in total. The third-order valence-corrected chi connectivity index (χ3v) is 3.50. The fourth-order valence-corrected chi connectivity index (χ4v) is 2.45. The molecule has 0 saturated carbocycles. The van der Waals surface area contributed by atoms with E-state index in [1.54, 1.807) is 19.5 Å². The van der Waals surface area contributed by atoms with E-state index in [9.17, 15) is 0 Å². The van der Waals surface area contributed by atoms with Crippen LogP contribution in [-0.2, 0) is 11.2 Å². The number of aromatic nitrogens is 2. The van der Waals surface area contributed by atoms with Crippen LogP contribution in [0.3, 0.4) is 0 Å². The first-order valence-corrected chi connectivity index (χ1v) is 6.34. The summed E-state index contributed by atoms with van der Waals surface area (Å²) in [6.07, 6.45) is 5.47. The second kappa shape index (κ2) is 6.28. The first-order valence-electron chi connectivity index (χ1n) is 5.96. The van der Waals surface area contributed by atoms with Gasteiger partial charge in [-0.25, -0.2) is 4.98 Å². The van der Waals surface area contributed by atoms with Crippen LogP contribution in [0.15, 0.2) is 12.4 Å². The van der Waals surface area contributed by atoms with Gasteiger partial charge in [0, 0.05) is 32.6 Å². The smallest absolute Gasteiger partial charge is 0.150 e. The van der Waals surface area contributed by atoms with Gasteiger partial charge in [-0.3, -0.25) is 4.98 Å². The predicted octanol–water partition coefficient (Wildman–Crippen LogP) is 1.64. The fraction of sp³-hybridized carbons (Fsp3) is 0.667. The summed E-state index contributed by atoms with van der Waals surface area (Å²) in [5.74, 6) is 0.640. The molecule has 94 valence electrons. The van der Waals surface area contributed by atoms with Gasteiger partial charge >= 0.3 is 0 Å². The molecule has 1 aliphatic heterocycles. The van der Waals surface area contributed by atoms with E-state index in [0.717, 1.165) is 38.4 Å². The highest BCUT2D eigenvalue weighted by molar-refractivity contribution is 6.29. The summed E-state index contributed by atoms with van der Waals surface area (Å²) in [6, 6.07) is 0. The van der Waals surface area contributed by atoms with Gasteiger partial charge in [0.05, 0.1) is 12.3 Å². The molecule has 1 aromatic heterocycles. The molecular formula is C12H18ClN3O. The largest absolute Gasteiger partial charge is 0.383 e. The number of likely N-dealkylation sites (tertiary alicyclic amines) is 1. The van der Waals surface area contributed by atoms with E-state index in [2.05, 4.69) is 14.9 Å². The van der Waals surface area contributed by atoms with E-state index in [4.69, 9.17) is 16.3 Å². The zero-order valence-corrected chi connectivity index (χ0v) is 10.9. The van der Waals surface area contributed by atoms with E-state index in [0.29, 0.717) is 11.1 Å². The second-order valence-electron chi connectivity index (χ2n) is 4.45. The standard InChI is InChI=1S/C12H18ClN3O/c1-17-7-6-16-5-2-10(9-16)8-11-12(13)15-4-3-14-11/h3-4,10H,2,5-9H2,1H3. The van der Waals surface area contributed by atoms with Crippen molar-refractivity contribution in [2.75, 3.05) is 33.4 Å². The molecule has 2 rings (SSSR count). The maximum absolute atomic E-state index is 6.02. The monoisotopic (exact) mass is 255 g/mol. The fourth-order valence-electron chi connectivity index (χ4n) is 2.26. The van der Waals surface area contributed by atoms with Gasteiger partial charge in [0.2, 0.25) is 0 Å². The molecule has 0 spiro atoms. The number of hydrogen-bond acceptors (Lipinski definition) is 4. The lowest BCUT2D eigenvalue weighted by Gasteiger charge is -2.15. The third kappa shape index (κ3) is 3.63. The maximum atomic E-state index is 6.02. The van der Waals surface area contributed by atoms with Gasteiger partial charge in [-0.05, 0) is 25.3 Å². The van der Waals surface area contributed by atoms with Crippen LogP contribution in [0.25, 0.3) is 0 Å². The molecule has 0 radical (unpaired) electrons. The topological polar surface area (TPSA) is 38.2 Å². The van der Waals surface area contributed by atoms with Crippen LogP contribution < -0.4 is 0 Å². The van der Waals surface area contributed by atoms with Crippen molar-refractivity contribution in [3.8, 4) is 0 Å². The highest BCUT2D eigenvalue weighted by Gasteiger charge is 2.23. The first-order chi connectivity index (χ1) is 8.29. The van der Waals surface area contributed by atoms with Crippen LogP contribution in [0.1, 0.15) is 12.1 Å². The van der Waals surface area contributed by atoms with Crippen LogP contribution in [0.5, 0.6) is 0 Å². The normalized spacial score (nSPS) is 20.9. The van der Waals surface area contributed by atoms with Crippen molar-refractivity contribution < 1.29 is 4.74 Å². The third-order valence-electron chi connectivity index (χ3n) is 3.19. The molecule has 0 aromatic carbocycles. The highest BCUT2D eigenvalue weighted by Crippen LogP contribution is 2.22. The Morgan fingerprint density at radius 2 is 2.29 bits per heavy atom. The zero-order valence-electron chi connectivity index (χ0n) is 10.1. The van der Waals surface area contributed by atoms with Crippen LogP contribution in [0.2, 0.25) is 5.15 Å². The Morgan fingerprint density at radius 3 is 3.06 bits per heavy atom. The molecule has 1 aromatic rings. The van der Waals surface area contributed by atoms with Crippen molar-refractivity contribution in [1.29, 1.82) is 0 Å². The van der Waals surface area contributed by atoms with Gasteiger partial charge in [0.1, 0.15) is 5.15 Å². The number of nitrogens with zero attached hydrogens (tertiary/aromatic N) is 3. The van der Waals surface area contributed by atoms with Crippen LogP contribution >= 0.6 is 11.6 Å². The molecule has 1 saturated heterocycles. The Kier molecular flexibility index (Phi) is 4.71. The number of hydrogen-bond donors (Lipinski definition) is 0. The van der Waals surface area contributed by atoms with Gasteiger partial charge in [-0.2, -0.15) is 0 Å². The summed E-state index contributed by atoms with van der Waals surface area (Å²) < 4.78 is 5.09. The molecule has 0 aliphatic carbocycles. The predicted molar refractivity (Wildman–Crippen MR) is 67.2 cm³/mol. The van der Waals surface area contributed by atoms with Crippen molar-refractivity contribution in [1.82, 2.24) is 14.9 Å². The molecule has 1 unspecified atom stereocenters. The van der Waals surface area contributed by atoms with E-state index in [1.807, 2.05) is 0 Å². The summed E-state index contributed by atoms with van der Waals surface area (Å²) in [5.41, 5.74) is 0.924. The van der Waals surface area contributed by atoms with E-state index in [-0.39, 0.29) is 0 Å². The lowest BCUT2D eigenvalue weighted by atomic mass is 10.0. The average molecular weight is 256 g/mol. The van der Waals surface area contributed by atoms with E-state index < -0.39 is 0 Å². The Balaban J connectivity index is 1.83. The molecule has 17 heavy (non-hydrogen) atoms. The van der Waals surface area contributed by atoms with Crippen LogP contribution in [-0.4, -0.2) is 48.2 Å². The lowest BCUT2D eigenvalue weighted by Crippen LogP contribution is -2.25. The molecule has 1 atom stereocenters. The minimum atomic E-state index is 0.544. The number of ether oxygens (including phenoxy) is 1. The molecule has 1 aliphatic rings. The van der Waals surface area contributed by atoms with Crippen LogP contribution in [0, 0.1) is 5.92 Å². The highest BCUT2D eigenvalue weighted by atomic mass is 35.5. The molecule has 1 fully saturated rings. The molecule has 2 heterocycles. The zero-order chi connectivity index (χ0) is 12.1. The minimum absolute atomic E-state index is 0.544. The molecule has 0 N–H and O–H groups in total. The van der Waals surface area contributed by atoms with Crippen molar-refractivity contribution in [3.63, 3.8) is 0 Å². The summed E-state index contributed by atoms with van der Waals surface area (Å²) in [6.45, 7) is 4.07. The number of methoxy groups -OCH3 is 1. The van der Waals surface area contributed by atoms with Gasteiger partial charge in [-0.15, -0.1) is 0 Å². The summed E-state index contributed by atoms with van der Waals surface area (Å²) in [4.78, 5) is 10.8. The van der Waals surface area contributed by atoms with E-state index >= 15 is 0 Å². The van der Waals surface area contributed by atoms with Crippen molar-refractivity contribution in [2.45, 2.75) is 12.8 Å². The van der Waals surface area contributed by atoms with Gasteiger partial charge in [0.25, 0.3) is 0 Å². The number of halogens is 1. The summed E-state index contributed by atoms with van der Waals surface area (Å²) in [7, 11) is 1.74. The van der Waals surface area contributed by atoms with Crippen molar-refractivity contribution in [2.24, 2.45) is 5.92 Å². The SMILES string of the molecule is COCCN1CCC(Cc2nccnc2Cl)C1. The minimum Gasteiger partial charge on any atom is -0.383 e. The van der Waals surface area contributed by atoms with Crippen molar-refractivity contribution >= 4 is 11.6 Å². The van der Waals surface area contributed by atoms with Gasteiger partial charge < -0.3 is 9.64 Å². The summed E-state index contributed by atoms with van der Waals surface area (Å²) in [5, 5.41) is 0.544. The maximum Gasteiger partial charge on any atom is 0.150 e. The Morgan fingerprint density at radius 1 is 1.47 bits per heavy atom. The molecular weight excluding hydrogens is 238 g/mol. The van der Waals surface area contributed by atoms with Crippen LogP contribution in [0.4, 0.5) is 0 Å². The Hall–Kier alpha value is -0.710. The van der Waals surface area contributed by atoms with Crippen molar-refractivity contribution in [3.05, 3.63) is 23.2 Å². The van der Waals surface area contributed by atoms with E-state index in [1.165, 1.54) is 6.42 Å². The molecule has 0 bridgehead atoms. The number of rotatable bonds is 5. The van der Waals surface area contributed by atoms with Gasteiger partial charge in [-0.1, -0.05) is 11.6 Å². The Labute approximate surface area is 107 Å². The molecule has 0 amide bonds. The quantitative estimate of drug-likeness (QED) is 0.802. The van der Waals surface area contributed by atoms with Gasteiger partial charge in [0.15, 0.2) is 0 Å². The first kappa shape index (κ1) is 12.7. The molecule has 5 heteroatoms. The average Bonchev–Trinajstić information content (AvgIpc) is 2.77. The summed E-state index contributed by atoms with van der Waals surface area (Å²) >= 11 is 6.02. The lowest BCUT2D eigenvalue weighted by molar-refractivity contribution is 0.159. The Bertz CT molecular complexity index is 361. The second-order valence-corrected chi connectivity index (χ2v) is 4.80.